The van der Waals surface area contributed by atoms with E-state index in [-0.39, 0.29) is 28.0 Å². The van der Waals surface area contributed by atoms with Gasteiger partial charge in [-0.2, -0.15) is 4.98 Å². The maximum absolute atomic E-state index is 11.0. The molecule has 1 aromatic heterocycles. The van der Waals surface area contributed by atoms with Crippen LogP contribution in [0.2, 0.25) is 5.28 Å². The minimum atomic E-state index is -0.500. The number of nitrogens with one attached hydrogen (secondary N) is 1. The van der Waals surface area contributed by atoms with Crippen molar-refractivity contribution < 1.29 is 4.92 Å². The zero-order valence-corrected chi connectivity index (χ0v) is 11.0. The Hall–Kier alpha value is -1.43. The number of hydrogen-bond donors (Lipinski definition) is 1. The van der Waals surface area contributed by atoms with Gasteiger partial charge >= 0.3 is 5.69 Å². The molecule has 6 nitrogen and oxygen atoms in total. The summed E-state index contributed by atoms with van der Waals surface area (Å²) in [6.45, 7) is 7.38. The van der Waals surface area contributed by atoms with Gasteiger partial charge in [0.2, 0.25) is 11.1 Å². The second-order valence-electron chi connectivity index (χ2n) is 4.39. The fraction of sp³-hybridized carbons (Fsp3) is 0.600. The van der Waals surface area contributed by atoms with Crippen LogP contribution in [-0.4, -0.2) is 20.4 Å². The normalized spacial score (nSPS) is 11.4. The van der Waals surface area contributed by atoms with Gasteiger partial charge in [0, 0.05) is 5.54 Å². The first-order valence-corrected chi connectivity index (χ1v) is 5.61. The van der Waals surface area contributed by atoms with Crippen LogP contribution in [0.25, 0.3) is 0 Å². The summed E-state index contributed by atoms with van der Waals surface area (Å²) in [5.74, 6) is 0.166. The van der Waals surface area contributed by atoms with E-state index in [1.807, 2.05) is 20.8 Å². The first-order valence-electron chi connectivity index (χ1n) is 5.23. The quantitative estimate of drug-likeness (QED) is 0.510. The minimum absolute atomic E-state index is 0.00232. The summed E-state index contributed by atoms with van der Waals surface area (Å²) in [4.78, 5) is 18.1. The summed E-state index contributed by atoms with van der Waals surface area (Å²) in [6.07, 6.45) is 0.796. The van der Waals surface area contributed by atoms with E-state index in [0.29, 0.717) is 0 Å². The van der Waals surface area contributed by atoms with Gasteiger partial charge in [-0.25, -0.2) is 4.98 Å². The smallest absolute Gasteiger partial charge is 0.332 e. The van der Waals surface area contributed by atoms with E-state index in [0.717, 1.165) is 6.42 Å². The molecule has 0 spiro atoms. The number of halogens is 1. The van der Waals surface area contributed by atoms with Gasteiger partial charge in [0.05, 0.1) is 4.92 Å². The third kappa shape index (κ3) is 3.26. The van der Waals surface area contributed by atoms with Crippen LogP contribution in [0.5, 0.6) is 0 Å². The van der Waals surface area contributed by atoms with Crippen molar-refractivity contribution in [3.05, 3.63) is 21.1 Å². The van der Waals surface area contributed by atoms with Crippen molar-refractivity contribution in [1.82, 2.24) is 9.97 Å². The Morgan fingerprint density at radius 1 is 1.47 bits per heavy atom. The molecule has 0 amide bonds. The van der Waals surface area contributed by atoms with E-state index in [9.17, 15) is 10.1 Å². The molecule has 0 radical (unpaired) electrons. The number of aryl methyl sites for hydroxylation is 1. The number of rotatable bonds is 4. The van der Waals surface area contributed by atoms with Crippen molar-refractivity contribution in [2.45, 2.75) is 39.7 Å². The number of nitro groups is 1. The highest BCUT2D eigenvalue weighted by atomic mass is 35.5. The molecule has 0 saturated heterocycles. The Morgan fingerprint density at radius 2 is 2.06 bits per heavy atom. The SMILES string of the molecule is CCC(C)(C)Nc1nc(Cl)nc(C)c1[N+](=O)[O-]. The van der Waals surface area contributed by atoms with Crippen LogP contribution in [0.15, 0.2) is 0 Å². The van der Waals surface area contributed by atoms with Crippen molar-refractivity contribution in [1.29, 1.82) is 0 Å². The Labute approximate surface area is 105 Å². The maximum atomic E-state index is 11.0. The van der Waals surface area contributed by atoms with Crippen LogP contribution in [0.4, 0.5) is 11.5 Å². The van der Waals surface area contributed by atoms with Crippen LogP contribution in [0, 0.1) is 17.0 Å². The molecule has 0 bridgehead atoms. The molecule has 0 aliphatic heterocycles. The van der Waals surface area contributed by atoms with Crippen LogP contribution in [-0.2, 0) is 0 Å². The van der Waals surface area contributed by atoms with E-state index in [4.69, 9.17) is 11.6 Å². The van der Waals surface area contributed by atoms with E-state index < -0.39 is 4.92 Å². The van der Waals surface area contributed by atoms with Gasteiger partial charge in [0.25, 0.3) is 0 Å². The Balaban J connectivity index is 3.26. The fourth-order valence-electron chi connectivity index (χ4n) is 1.25. The van der Waals surface area contributed by atoms with Crippen molar-refractivity contribution in [2.75, 3.05) is 5.32 Å². The van der Waals surface area contributed by atoms with Gasteiger partial charge in [0.15, 0.2) is 0 Å². The summed E-state index contributed by atoms with van der Waals surface area (Å²) in [7, 11) is 0. The molecular formula is C10H15ClN4O2. The molecule has 0 atom stereocenters. The predicted octanol–water partition coefficient (Wildman–Crippen LogP) is 2.95. The first-order chi connectivity index (χ1) is 7.76. The van der Waals surface area contributed by atoms with Crippen LogP contribution < -0.4 is 5.32 Å². The average molecular weight is 259 g/mol. The summed E-state index contributed by atoms with van der Waals surface area (Å²) < 4.78 is 0. The summed E-state index contributed by atoms with van der Waals surface area (Å²) >= 11 is 5.71. The van der Waals surface area contributed by atoms with Crippen molar-refractivity contribution in [3.63, 3.8) is 0 Å². The Kier molecular flexibility index (Phi) is 3.87. The van der Waals surface area contributed by atoms with Crippen molar-refractivity contribution in [2.24, 2.45) is 0 Å². The van der Waals surface area contributed by atoms with E-state index in [1.165, 1.54) is 6.92 Å². The lowest BCUT2D eigenvalue weighted by molar-refractivity contribution is -0.385. The molecule has 0 aromatic carbocycles. The fourth-order valence-corrected chi connectivity index (χ4v) is 1.46. The van der Waals surface area contributed by atoms with Gasteiger partial charge in [0.1, 0.15) is 5.69 Å². The van der Waals surface area contributed by atoms with Crippen molar-refractivity contribution in [3.8, 4) is 0 Å². The standard InChI is InChI=1S/C10H15ClN4O2/c1-5-10(3,4)14-8-7(15(16)17)6(2)12-9(11)13-8/h5H2,1-4H3,(H,12,13,14). The molecule has 1 heterocycles. The summed E-state index contributed by atoms with van der Waals surface area (Å²) in [6, 6.07) is 0. The van der Waals surface area contributed by atoms with Gasteiger partial charge < -0.3 is 5.32 Å². The highest BCUT2D eigenvalue weighted by molar-refractivity contribution is 6.28. The lowest BCUT2D eigenvalue weighted by Crippen LogP contribution is -2.30. The monoisotopic (exact) mass is 258 g/mol. The topological polar surface area (TPSA) is 81.0 Å². The summed E-state index contributed by atoms with van der Waals surface area (Å²) in [5.41, 5.74) is -0.171. The first kappa shape index (κ1) is 13.6. The highest BCUT2D eigenvalue weighted by Gasteiger charge is 2.26. The van der Waals surface area contributed by atoms with Crippen LogP contribution >= 0.6 is 11.6 Å². The molecule has 0 unspecified atom stereocenters. The molecule has 0 aliphatic carbocycles. The lowest BCUT2D eigenvalue weighted by Gasteiger charge is -2.25. The molecule has 7 heteroatoms. The number of hydrogen-bond acceptors (Lipinski definition) is 5. The molecule has 1 N–H and O–H groups in total. The van der Waals surface area contributed by atoms with Crippen molar-refractivity contribution >= 4 is 23.1 Å². The lowest BCUT2D eigenvalue weighted by atomic mass is 10.0. The molecule has 0 aliphatic rings. The molecule has 17 heavy (non-hydrogen) atoms. The Bertz CT molecular complexity index is 448. The van der Waals surface area contributed by atoms with Crippen LogP contribution in [0.3, 0.4) is 0 Å². The molecule has 94 valence electrons. The molecule has 1 rings (SSSR count). The maximum Gasteiger partial charge on any atom is 0.332 e. The van der Waals surface area contributed by atoms with Gasteiger partial charge in [-0.3, -0.25) is 10.1 Å². The van der Waals surface area contributed by atoms with E-state index in [1.54, 1.807) is 0 Å². The molecule has 0 saturated carbocycles. The largest absolute Gasteiger partial charge is 0.359 e. The predicted molar refractivity (Wildman–Crippen MR) is 66.4 cm³/mol. The second-order valence-corrected chi connectivity index (χ2v) is 4.73. The van der Waals surface area contributed by atoms with E-state index >= 15 is 0 Å². The third-order valence-corrected chi connectivity index (χ3v) is 2.72. The molecule has 0 fully saturated rings. The second kappa shape index (κ2) is 4.83. The molecular weight excluding hydrogens is 244 g/mol. The van der Waals surface area contributed by atoms with Gasteiger partial charge in [-0.05, 0) is 38.8 Å². The zero-order chi connectivity index (χ0) is 13.2. The Morgan fingerprint density at radius 3 is 2.53 bits per heavy atom. The summed E-state index contributed by atoms with van der Waals surface area (Å²) in [5, 5.41) is 14.0. The third-order valence-electron chi connectivity index (χ3n) is 2.55. The number of aromatic nitrogens is 2. The zero-order valence-electron chi connectivity index (χ0n) is 10.2. The highest BCUT2D eigenvalue weighted by Crippen LogP contribution is 2.29. The average Bonchev–Trinajstić information content (AvgIpc) is 2.14. The number of nitrogens with zero attached hydrogens (tertiary/aromatic N) is 3. The van der Waals surface area contributed by atoms with E-state index in [2.05, 4.69) is 15.3 Å². The van der Waals surface area contributed by atoms with Crippen LogP contribution in [0.1, 0.15) is 32.9 Å². The van der Waals surface area contributed by atoms with Gasteiger partial charge in [-0.15, -0.1) is 0 Å². The molecule has 1 aromatic rings. The minimum Gasteiger partial charge on any atom is -0.359 e. The number of anilines is 1. The van der Waals surface area contributed by atoms with Gasteiger partial charge in [-0.1, -0.05) is 6.92 Å².